The molecular formula is C22H24N2. The average Bonchev–Trinajstić information content (AvgIpc) is 2.63. The quantitative estimate of drug-likeness (QED) is 0.616. The van der Waals surface area contributed by atoms with Crippen LogP contribution in [-0.2, 0) is 6.42 Å². The fourth-order valence-corrected chi connectivity index (χ4v) is 2.32. The van der Waals surface area contributed by atoms with Crippen LogP contribution in [0, 0.1) is 6.92 Å². The van der Waals surface area contributed by atoms with E-state index in [2.05, 4.69) is 60.7 Å². The van der Waals surface area contributed by atoms with Gasteiger partial charge in [0.15, 0.2) is 0 Å². The lowest BCUT2D eigenvalue weighted by atomic mass is 10.0. The number of hydrogen-bond acceptors (Lipinski definition) is 2. The Kier molecular flexibility index (Phi) is 6.44. The van der Waals surface area contributed by atoms with Crippen LogP contribution < -0.4 is 0 Å². The van der Waals surface area contributed by atoms with Gasteiger partial charge in [0.1, 0.15) is 0 Å². The van der Waals surface area contributed by atoms with Gasteiger partial charge in [0.05, 0.1) is 5.69 Å². The summed E-state index contributed by atoms with van der Waals surface area (Å²) in [5.74, 6) is 0. The maximum absolute atomic E-state index is 4.40. The first-order valence-electron chi connectivity index (χ1n) is 8.18. The molecule has 2 heteroatoms. The predicted octanol–water partition coefficient (Wildman–Crippen LogP) is 5.73. The topological polar surface area (TPSA) is 25.8 Å². The maximum Gasteiger partial charge on any atom is 0.0731 e. The number of aromatic nitrogens is 2. The Morgan fingerprint density at radius 2 is 1.62 bits per heavy atom. The maximum atomic E-state index is 4.40. The highest BCUT2D eigenvalue weighted by Gasteiger charge is 2.02. The Balaban J connectivity index is 0.000000219. The minimum atomic E-state index is 1.05. The standard InChI is InChI=1S/C15H15N.C7H9N/c1-11(2)13-6-8-14(9-7-13)15-12(3)5-4-10-16-15;1-2-7-3-5-8-6-4-7/h4-10H,1H2,2-3H3;3-6H,2H2,1H3. The minimum Gasteiger partial charge on any atom is -0.265 e. The second-order valence-electron chi connectivity index (χ2n) is 5.74. The minimum absolute atomic E-state index is 1.05. The monoisotopic (exact) mass is 316 g/mol. The molecule has 0 saturated carbocycles. The molecule has 0 amide bonds. The molecule has 0 fully saturated rings. The van der Waals surface area contributed by atoms with Gasteiger partial charge in [-0.1, -0.05) is 49.4 Å². The molecule has 0 atom stereocenters. The number of aryl methyl sites for hydroxylation is 2. The number of hydrogen-bond donors (Lipinski definition) is 0. The van der Waals surface area contributed by atoms with E-state index in [-0.39, 0.29) is 0 Å². The van der Waals surface area contributed by atoms with Crippen molar-refractivity contribution in [3.63, 3.8) is 0 Å². The highest BCUT2D eigenvalue weighted by molar-refractivity contribution is 5.68. The van der Waals surface area contributed by atoms with Gasteiger partial charge in [0.2, 0.25) is 0 Å². The molecule has 0 spiro atoms. The van der Waals surface area contributed by atoms with Crippen LogP contribution in [0.5, 0.6) is 0 Å². The summed E-state index contributed by atoms with van der Waals surface area (Å²) in [5.41, 5.74) is 7.02. The van der Waals surface area contributed by atoms with E-state index < -0.39 is 0 Å². The third-order valence-electron chi connectivity index (χ3n) is 3.82. The van der Waals surface area contributed by atoms with Crippen LogP contribution >= 0.6 is 0 Å². The van der Waals surface area contributed by atoms with Crippen LogP contribution in [-0.4, -0.2) is 9.97 Å². The van der Waals surface area contributed by atoms with Crippen molar-refractivity contribution in [3.8, 4) is 11.3 Å². The molecule has 122 valence electrons. The summed E-state index contributed by atoms with van der Waals surface area (Å²) in [6, 6.07) is 16.5. The Morgan fingerprint density at radius 1 is 0.958 bits per heavy atom. The van der Waals surface area contributed by atoms with Crippen LogP contribution in [0.1, 0.15) is 30.5 Å². The Bertz CT molecular complexity index is 775. The van der Waals surface area contributed by atoms with E-state index in [1.54, 1.807) is 0 Å². The van der Waals surface area contributed by atoms with Crippen LogP contribution in [0.15, 0.2) is 73.7 Å². The van der Waals surface area contributed by atoms with Crippen molar-refractivity contribution < 1.29 is 0 Å². The zero-order chi connectivity index (χ0) is 17.4. The highest BCUT2D eigenvalue weighted by atomic mass is 14.7. The molecule has 0 aliphatic heterocycles. The fraction of sp³-hybridized carbons (Fsp3) is 0.182. The molecule has 3 aromatic rings. The van der Waals surface area contributed by atoms with Crippen molar-refractivity contribution in [2.24, 2.45) is 0 Å². The molecule has 2 nitrogen and oxygen atoms in total. The van der Waals surface area contributed by atoms with Crippen LogP contribution in [0.2, 0.25) is 0 Å². The molecule has 0 aliphatic carbocycles. The lowest BCUT2D eigenvalue weighted by Crippen LogP contribution is -1.87. The first-order chi connectivity index (χ1) is 11.6. The number of nitrogens with zero attached hydrogens (tertiary/aromatic N) is 2. The third kappa shape index (κ3) is 4.88. The van der Waals surface area contributed by atoms with Crippen LogP contribution in [0.3, 0.4) is 0 Å². The molecule has 0 radical (unpaired) electrons. The highest BCUT2D eigenvalue weighted by Crippen LogP contribution is 2.22. The molecular weight excluding hydrogens is 292 g/mol. The van der Waals surface area contributed by atoms with Gasteiger partial charge in [-0.2, -0.15) is 0 Å². The Hall–Kier alpha value is -2.74. The molecule has 0 N–H and O–H groups in total. The van der Waals surface area contributed by atoms with Gasteiger partial charge in [-0.25, -0.2) is 0 Å². The molecule has 1 aromatic carbocycles. The van der Waals surface area contributed by atoms with E-state index in [9.17, 15) is 0 Å². The summed E-state index contributed by atoms with van der Waals surface area (Å²) in [4.78, 5) is 8.29. The molecule has 2 heterocycles. The van der Waals surface area contributed by atoms with Crippen LogP contribution in [0.25, 0.3) is 16.8 Å². The SMILES string of the molecule is C=C(C)c1ccc(-c2ncccc2C)cc1.CCc1ccncc1. The van der Waals surface area contributed by atoms with Gasteiger partial charge in [0, 0.05) is 24.2 Å². The second kappa shape index (κ2) is 8.78. The number of benzene rings is 1. The predicted molar refractivity (Wildman–Crippen MR) is 103 cm³/mol. The molecule has 3 rings (SSSR count). The van der Waals surface area contributed by atoms with Gasteiger partial charge in [-0.3, -0.25) is 9.97 Å². The molecule has 2 aromatic heterocycles. The van der Waals surface area contributed by atoms with E-state index in [0.29, 0.717) is 0 Å². The van der Waals surface area contributed by atoms with E-state index in [1.807, 2.05) is 43.7 Å². The van der Waals surface area contributed by atoms with Crippen molar-refractivity contribution in [3.05, 3.63) is 90.4 Å². The summed E-state index contributed by atoms with van der Waals surface area (Å²) < 4.78 is 0. The van der Waals surface area contributed by atoms with E-state index in [4.69, 9.17) is 0 Å². The summed E-state index contributed by atoms with van der Waals surface area (Å²) in [6.45, 7) is 10.2. The Morgan fingerprint density at radius 3 is 2.12 bits per heavy atom. The average molecular weight is 316 g/mol. The normalized spacial score (nSPS) is 9.79. The molecule has 0 unspecified atom stereocenters. The number of allylic oxidation sites excluding steroid dienone is 1. The largest absolute Gasteiger partial charge is 0.265 e. The summed E-state index contributed by atoms with van der Waals surface area (Å²) in [5, 5.41) is 0. The van der Waals surface area contributed by atoms with Gasteiger partial charge in [-0.05, 0) is 55.2 Å². The van der Waals surface area contributed by atoms with Crippen molar-refractivity contribution in [2.75, 3.05) is 0 Å². The molecule has 24 heavy (non-hydrogen) atoms. The molecule has 0 saturated heterocycles. The summed E-state index contributed by atoms with van der Waals surface area (Å²) in [6.07, 6.45) is 6.56. The van der Waals surface area contributed by atoms with Crippen molar-refractivity contribution in [2.45, 2.75) is 27.2 Å². The second-order valence-corrected chi connectivity index (χ2v) is 5.74. The van der Waals surface area contributed by atoms with Crippen molar-refractivity contribution in [1.82, 2.24) is 9.97 Å². The van der Waals surface area contributed by atoms with Crippen LogP contribution in [0.4, 0.5) is 0 Å². The fourth-order valence-electron chi connectivity index (χ4n) is 2.32. The zero-order valence-electron chi connectivity index (χ0n) is 14.7. The van der Waals surface area contributed by atoms with Crippen molar-refractivity contribution in [1.29, 1.82) is 0 Å². The number of pyridine rings is 2. The van der Waals surface area contributed by atoms with Gasteiger partial charge < -0.3 is 0 Å². The summed E-state index contributed by atoms with van der Waals surface area (Å²) >= 11 is 0. The van der Waals surface area contributed by atoms with Gasteiger partial charge in [-0.15, -0.1) is 0 Å². The first kappa shape index (κ1) is 17.6. The zero-order valence-corrected chi connectivity index (χ0v) is 14.7. The summed E-state index contributed by atoms with van der Waals surface area (Å²) in [7, 11) is 0. The van der Waals surface area contributed by atoms with Gasteiger partial charge >= 0.3 is 0 Å². The van der Waals surface area contributed by atoms with Gasteiger partial charge in [0.25, 0.3) is 0 Å². The Labute approximate surface area is 144 Å². The lowest BCUT2D eigenvalue weighted by Gasteiger charge is -2.05. The first-order valence-corrected chi connectivity index (χ1v) is 8.18. The van der Waals surface area contributed by atoms with E-state index in [0.717, 1.165) is 23.3 Å². The van der Waals surface area contributed by atoms with E-state index >= 15 is 0 Å². The lowest BCUT2D eigenvalue weighted by molar-refractivity contribution is 1.12. The van der Waals surface area contributed by atoms with Crippen molar-refractivity contribution >= 4 is 5.57 Å². The third-order valence-corrected chi connectivity index (χ3v) is 3.82. The smallest absolute Gasteiger partial charge is 0.0731 e. The number of rotatable bonds is 3. The molecule has 0 aliphatic rings. The molecule has 0 bridgehead atoms. The van der Waals surface area contributed by atoms with E-state index in [1.165, 1.54) is 16.7 Å².